The van der Waals surface area contributed by atoms with Gasteiger partial charge in [-0.15, -0.1) is 0 Å². The molecule has 0 fully saturated rings. The number of hydrogen-bond acceptors (Lipinski definition) is 3. The van der Waals surface area contributed by atoms with Gasteiger partial charge in [-0.1, -0.05) is 42.5 Å². The number of carbonyl (C=O) groups excluding carboxylic acids is 1. The van der Waals surface area contributed by atoms with E-state index in [0.717, 1.165) is 28.0 Å². The predicted octanol–water partition coefficient (Wildman–Crippen LogP) is 2.62. The van der Waals surface area contributed by atoms with E-state index in [0.29, 0.717) is 6.42 Å². The number of fused-ring (bicyclic) bond motifs is 1. The lowest BCUT2D eigenvalue weighted by atomic mass is 10.1. The average Bonchev–Trinajstić information content (AvgIpc) is 3.05. The lowest BCUT2D eigenvalue weighted by Crippen LogP contribution is -2.42. The number of carboxylic acid groups (broad SMARTS) is 1. The van der Waals surface area contributed by atoms with Crippen LogP contribution in [0.5, 0.6) is 0 Å². The van der Waals surface area contributed by atoms with Crippen molar-refractivity contribution in [1.29, 1.82) is 0 Å². The van der Waals surface area contributed by atoms with Crippen LogP contribution in [0.1, 0.15) is 23.4 Å². The highest BCUT2D eigenvalue weighted by molar-refractivity contribution is 5.84. The van der Waals surface area contributed by atoms with E-state index in [4.69, 9.17) is 0 Å². The van der Waals surface area contributed by atoms with Crippen LogP contribution in [0.25, 0.3) is 11.0 Å². The number of aromatic amines is 1. The second-order valence-electron chi connectivity index (χ2n) is 6.30. The largest absolute Gasteiger partial charge is 0.480 e. The summed E-state index contributed by atoms with van der Waals surface area (Å²) in [6, 6.07) is 14.2. The molecule has 26 heavy (non-hydrogen) atoms. The maximum Gasteiger partial charge on any atom is 0.326 e. The first-order chi connectivity index (χ1) is 12.5. The molecule has 1 heterocycles. The summed E-state index contributed by atoms with van der Waals surface area (Å²) in [6.07, 6.45) is 0.862. The van der Waals surface area contributed by atoms with Crippen LogP contribution in [-0.2, 0) is 22.4 Å². The van der Waals surface area contributed by atoms with E-state index in [-0.39, 0.29) is 18.7 Å². The maximum absolute atomic E-state index is 12.2. The second kappa shape index (κ2) is 7.82. The zero-order chi connectivity index (χ0) is 18.5. The second-order valence-corrected chi connectivity index (χ2v) is 6.30. The highest BCUT2D eigenvalue weighted by Gasteiger charge is 2.20. The van der Waals surface area contributed by atoms with E-state index in [1.165, 1.54) is 0 Å². The van der Waals surface area contributed by atoms with Crippen LogP contribution in [0, 0.1) is 6.92 Å². The van der Waals surface area contributed by atoms with Crippen molar-refractivity contribution in [3.05, 3.63) is 65.5 Å². The molecular weight excluding hydrogens is 330 g/mol. The van der Waals surface area contributed by atoms with Crippen LogP contribution in [-0.4, -0.2) is 33.0 Å². The summed E-state index contributed by atoms with van der Waals surface area (Å²) in [5.74, 6) is -0.619. The smallest absolute Gasteiger partial charge is 0.326 e. The molecule has 1 aromatic heterocycles. The average molecular weight is 351 g/mol. The first kappa shape index (κ1) is 17.7. The minimum absolute atomic E-state index is 0.178. The molecule has 3 rings (SSSR count). The Morgan fingerprint density at radius 1 is 1.15 bits per heavy atom. The van der Waals surface area contributed by atoms with Crippen molar-refractivity contribution in [2.75, 3.05) is 0 Å². The molecule has 6 heteroatoms. The van der Waals surface area contributed by atoms with Crippen LogP contribution in [0.3, 0.4) is 0 Å². The number of H-pyrrole nitrogens is 1. The van der Waals surface area contributed by atoms with Crippen LogP contribution >= 0.6 is 0 Å². The lowest BCUT2D eigenvalue weighted by Gasteiger charge is -2.14. The van der Waals surface area contributed by atoms with E-state index in [1.807, 2.05) is 55.5 Å². The van der Waals surface area contributed by atoms with Crippen molar-refractivity contribution in [3.63, 3.8) is 0 Å². The molecule has 1 amide bonds. The van der Waals surface area contributed by atoms with E-state index in [2.05, 4.69) is 15.3 Å². The number of hydrogen-bond donors (Lipinski definition) is 3. The van der Waals surface area contributed by atoms with Crippen molar-refractivity contribution in [1.82, 2.24) is 15.3 Å². The number of amides is 1. The molecule has 0 bridgehead atoms. The molecule has 2 aromatic carbocycles. The van der Waals surface area contributed by atoms with Gasteiger partial charge >= 0.3 is 5.97 Å². The van der Waals surface area contributed by atoms with E-state index in [1.54, 1.807) is 0 Å². The fourth-order valence-electron chi connectivity index (χ4n) is 2.89. The van der Waals surface area contributed by atoms with Gasteiger partial charge < -0.3 is 15.4 Å². The number of rotatable bonds is 7. The molecule has 3 N–H and O–H groups in total. The number of carboxylic acids is 1. The van der Waals surface area contributed by atoms with Gasteiger partial charge in [-0.25, -0.2) is 9.78 Å². The van der Waals surface area contributed by atoms with Crippen molar-refractivity contribution < 1.29 is 14.7 Å². The number of imidazole rings is 1. The Labute approximate surface area is 151 Å². The SMILES string of the molecule is Cc1cccc2[nH]c(CCC(=O)N[C@H](Cc3ccccc3)C(=O)O)nc12. The molecule has 134 valence electrons. The van der Waals surface area contributed by atoms with E-state index in [9.17, 15) is 14.7 Å². The molecule has 0 saturated carbocycles. The third-order valence-corrected chi connectivity index (χ3v) is 4.27. The molecule has 0 saturated heterocycles. The van der Waals surface area contributed by atoms with Gasteiger partial charge in [0.25, 0.3) is 0 Å². The van der Waals surface area contributed by atoms with E-state index < -0.39 is 12.0 Å². The van der Waals surface area contributed by atoms with Gasteiger partial charge in [0, 0.05) is 19.3 Å². The summed E-state index contributed by atoms with van der Waals surface area (Å²) in [5, 5.41) is 12.0. The quantitative estimate of drug-likeness (QED) is 0.610. The summed E-state index contributed by atoms with van der Waals surface area (Å²) in [7, 11) is 0. The number of aromatic nitrogens is 2. The predicted molar refractivity (Wildman–Crippen MR) is 98.9 cm³/mol. The Morgan fingerprint density at radius 3 is 2.62 bits per heavy atom. The number of nitrogens with one attached hydrogen (secondary N) is 2. The number of para-hydroxylation sites is 1. The minimum Gasteiger partial charge on any atom is -0.480 e. The van der Waals surface area contributed by atoms with Gasteiger partial charge in [0.15, 0.2) is 0 Å². The first-order valence-electron chi connectivity index (χ1n) is 8.53. The lowest BCUT2D eigenvalue weighted by molar-refractivity contribution is -0.141. The molecule has 6 nitrogen and oxygen atoms in total. The summed E-state index contributed by atoms with van der Waals surface area (Å²) >= 11 is 0. The number of nitrogens with zero attached hydrogens (tertiary/aromatic N) is 1. The normalized spacial score (nSPS) is 12.0. The van der Waals surface area contributed by atoms with Crippen molar-refractivity contribution in [2.24, 2.45) is 0 Å². The van der Waals surface area contributed by atoms with Crippen molar-refractivity contribution in [2.45, 2.75) is 32.2 Å². The Kier molecular flexibility index (Phi) is 5.31. The van der Waals surface area contributed by atoms with Crippen molar-refractivity contribution in [3.8, 4) is 0 Å². The fraction of sp³-hybridized carbons (Fsp3) is 0.250. The molecule has 0 radical (unpaired) electrons. The zero-order valence-electron chi connectivity index (χ0n) is 14.5. The summed E-state index contributed by atoms with van der Waals surface area (Å²) in [5.41, 5.74) is 3.78. The number of carbonyl (C=O) groups is 2. The highest BCUT2D eigenvalue weighted by atomic mass is 16.4. The van der Waals surface area contributed by atoms with E-state index >= 15 is 0 Å². The highest BCUT2D eigenvalue weighted by Crippen LogP contribution is 2.16. The Balaban J connectivity index is 1.59. The summed E-state index contributed by atoms with van der Waals surface area (Å²) in [4.78, 5) is 31.3. The van der Waals surface area contributed by atoms with Gasteiger partial charge in [-0.05, 0) is 24.1 Å². The third kappa shape index (κ3) is 4.27. The Hall–Kier alpha value is -3.15. The van der Waals surface area contributed by atoms with Crippen LogP contribution < -0.4 is 5.32 Å². The zero-order valence-corrected chi connectivity index (χ0v) is 14.5. The molecule has 0 spiro atoms. The van der Waals surface area contributed by atoms with Crippen molar-refractivity contribution >= 4 is 22.9 Å². The van der Waals surface area contributed by atoms with Gasteiger partial charge in [0.05, 0.1) is 11.0 Å². The molecule has 3 aromatic rings. The van der Waals surface area contributed by atoms with Crippen LogP contribution in [0.4, 0.5) is 0 Å². The standard InChI is InChI=1S/C20H21N3O3/c1-13-6-5-9-15-19(13)23-17(21-15)10-11-18(24)22-16(20(25)26)12-14-7-3-2-4-8-14/h2-9,16H,10-12H2,1H3,(H,21,23)(H,22,24)(H,25,26)/t16-/m1/s1. The summed E-state index contributed by atoms with van der Waals surface area (Å²) < 4.78 is 0. The Bertz CT molecular complexity index is 918. The number of benzene rings is 2. The van der Waals surface area contributed by atoms with Gasteiger partial charge in [0.2, 0.25) is 5.91 Å². The molecule has 1 atom stereocenters. The topological polar surface area (TPSA) is 95.1 Å². The Morgan fingerprint density at radius 2 is 1.92 bits per heavy atom. The molecule has 0 aliphatic rings. The molecule has 0 unspecified atom stereocenters. The number of aryl methyl sites for hydroxylation is 2. The molecular formula is C20H21N3O3. The van der Waals surface area contributed by atoms with Crippen LogP contribution in [0.15, 0.2) is 48.5 Å². The summed E-state index contributed by atoms with van der Waals surface area (Å²) in [6.45, 7) is 1.99. The van der Waals surface area contributed by atoms with Gasteiger partial charge in [0.1, 0.15) is 11.9 Å². The van der Waals surface area contributed by atoms with Crippen LogP contribution in [0.2, 0.25) is 0 Å². The number of aliphatic carboxylic acids is 1. The van der Waals surface area contributed by atoms with Gasteiger partial charge in [-0.3, -0.25) is 4.79 Å². The minimum atomic E-state index is -1.04. The van der Waals surface area contributed by atoms with Gasteiger partial charge in [-0.2, -0.15) is 0 Å². The first-order valence-corrected chi connectivity index (χ1v) is 8.53. The molecule has 0 aliphatic carbocycles. The monoisotopic (exact) mass is 351 g/mol. The maximum atomic E-state index is 12.2. The fourth-order valence-corrected chi connectivity index (χ4v) is 2.89. The molecule has 0 aliphatic heterocycles. The third-order valence-electron chi connectivity index (χ3n) is 4.27.